The molecule has 0 unspecified atom stereocenters. The van der Waals surface area contributed by atoms with Crippen molar-refractivity contribution in [3.05, 3.63) is 78.4 Å². The lowest BCUT2D eigenvalue weighted by atomic mass is 10.1. The first-order valence-corrected chi connectivity index (χ1v) is 10.7. The summed E-state index contributed by atoms with van der Waals surface area (Å²) in [7, 11) is -2.53. The maximum Gasteiger partial charge on any atom is 0.262 e. The average Bonchev–Trinajstić information content (AvgIpc) is 2.74. The molecule has 3 aromatic carbocycles. The third-order valence-electron chi connectivity index (χ3n) is 4.39. The lowest BCUT2D eigenvalue weighted by Crippen LogP contribution is -2.16. The van der Waals surface area contributed by atoms with Crippen molar-refractivity contribution in [1.82, 2.24) is 0 Å². The Labute approximate surface area is 175 Å². The second-order valence-electron chi connectivity index (χ2n) is 6.52. The van der Waals surface area contributed by atoms with Crippen LogP contribution in [-0.4, -0.2) is 26.5 Å². The van der Waals surface area contributed by atoms with Gasteiger partial charge in [-0.1, -0.05) is 42.5 Å². The highest BCUT2D eigenvalue weighted by atomic mass is 32.2. The quantitative estimate of drug-likeness (QED) is 0.476. The summed E-state index contributed by atoms with van der Waals surface area (Å²) in [6, 6.07) is 19.8. The number of nitrogens with one attached hydrogen (secondary N) is 2. The number of ether oxygens (including phenoxy) is 1. The normalized spacial score (nSPS) is 11.0. The van der Waals surface area contributed by atoms with Crippen molar-refractivity contribution in [2.75, 3.05) is 17.1 Å². The van der Waals surface area contributed by atoms with Crippen LogP contribution in [0.4, 0.5) is 11.4 Å². The third kappa shape index (κ3) is 5.30. The van der Waals surface area contributed by atoms with Gasteiger partial charge in [0.25, 0.3) is 10.0 Å². The van der Waals surface area contributed by atoms with Crippen LogP contribution < -0.4 is 14.8 Å². The minimum Gasteiger partial charge on any atom is -0.506 e. The number of aryl methyl sites for hydroxylation is 1. The van der Waals surface area contributed by atoms with E-state index in [1.807, 2.05) is 30.3 Å². The zero-order valence-electron chi connectivity index (χ0n) is 16.3. The fraction of sp³-hybridized carbons (Fsp3) is 0.136. The summed E-state index contributed by atoms with van der Waals surface area (Å²) in [5.41, 5.74) is 1.31. The Morgan fingerprint density at radius 1 is 0.967 bits per heavy atom. The summed E-state index contributed by atoms with van der Waals surface area (Å²) in [5.74, 6) is -0.185. The molecule has 0 heterocycles. The Balaban J connectivity index is 1.74. The van der Waals surface area contributed by atoms with Gasteiger partial charge in [0.2, 0.25) is 5.91 Å². The van der Waals surface area contributed by atoms with Gasteiger partial charge in [-0.25, -0.2) is 8.42 Å². The molecule has 0 saturated carbocycles. The molecule has 0 aliphatic heterocycles. The number of carbonyl (C=O) groups excluding carboxylic acids is 1. The number of methoxy groups -OCH3 is 1. The lowest BCUT2D eigenvalue weighted by Gasteiger charge is -2.13. The summed E-state index contributed by atoms with van der Waals surface area (Å²) < 4.78 is 33.2. The van der Waals surface area contributed by atoms with Gasteiger partial charge < -0.3 is 15.2 Å². The highest BCUT2D eigenvalue weighted by Gasteiger charge is 2.19. The Hall–Kier alpha value is -3.52. The molecular formula is C22H22N2O5S. The van der Waals surface area contributed by atoms with Gasteiger partial charge in [-0.15, -0.1) is 0 Å². The predicted octanol–water partition coefficient (Wildman–Crippen LogP) is 3.77. The average molecular weight is 426 g/mol. The third-order valence-corrected chi connectivity index (χ3v) is 5.75. The van der Waals surface area contributed by atoms with Crippen LogP contribution in [0.5, 0.6) is 11.5 Å². The van der Waals surface area contributed by atoms with E-state index in [-0.39, 0.29) is 34.3 Å². The molecule has 0 bridgehead atoms. The number of phenols is 1. The van der Waals surface area contributed by atoms with Crippen molar-refractivity contribution in [3.8, 4) is 11.5 Å². The first-order chi connectivity index (χ1) is 14.4. The molecule has 3 N–H and O–H groups in total. The zero-order valence-corrected chi connectivity index (χ0v) is 17.1. The zero-order chi connectivity index (χ0) is 21.6. The number of amides is 1. The van der Waals surface area contributed by atoms with E-state index < -0.39 is 10.0 Å². The first-order valence-electron chi connectivity index (χ1n) is 9.21. The molecule has 156 valence electrons. The molecule has 30 heavy (non-hydrogen) atoms. The van der Waals surface area contributed by atoms with Crippen molar-refractivity contribution >= 4 is 27.3 Å². The molecule has 3 rings (SSSR count). The van der Waals surface area contributed by atoms with Crippen LogP contribution in [0.3, 0.4) is 0 Å². The standard InChI is InChI=1S/C22H22N2O5S/c1-29-21-10-6-5-9-18(21)24-30(27,28)17-12-13-20(25)19(15-17)23-22(26)14-11-16-7-3-2-4-8-16/h2-10,12-13,15,24-25H,11,14H2,1H3,(H,23,26). The van der Waals surface area contributed by atoms with Crippen molar-refractivity contribution in [2.45, 2.75) is 17.7 Å². The Kier molecular flexibility index (Phi) is 6.58. The summed E-state index contributed by atoms with van der Waals surface area (Å²) in [6.07, 6.45) is 0.723. The SMILES string of the molecule is COc1ccccc1NS(=O)(=O)c1ccc(O)c(NC(=O)CCc2ccccc2)c1. The smallest absolute Gasteiger partial charge is 0.262 e. The highest BCUT2D eigenvalue weighted by Crippen LogP contribution is 2.30. The van der Waals surface area contributed by atoms with Crippen molar-refractivity contribution in [2.24, 2.45) is 0 Å². The second-order valence-corrected chi connectivity index (χ2v) is 8.20. The number of carbonyl (C=O) groups is 1. The van der Waals surface area contributed by atoms with Gasteiger partial charge in [0.1, 0.15) is 11.5 Å². The second kappa shape index (κ2) is 9.32. The molecule has 1 amide bonds. The van der Waals surface area contributed by atoms with Crippen LogP contribution >= 0.6 is 0 Å². The van der Waals surface area contributed by atoms with Crippen LogP contribution in [0.15, 0.2) is 77.7 Å². The summed E-state index contributed by atoms with van der Waals surface area (Å²) >= 11 is 0. The molecular weight excluding hydrogens is 404 g/mol. The monoisotopic (exact) mass is 426 g/mol. The number of phenolic OH excluding ortho intramolecular Hbond substituents is 1. The van der Waals surface area contributed by atoms with Gasteiger partial charge in [0.15, 0.2) is 0 Å². The van der Waals surface area contributed by atoms with Crippen molar-refractivity contribution in [1.29, 1.82) is 0 Å². The molecule has 0 spiro atoms. The van der Waals surface area contributed by atoms with E-state index in [4.69, 9.17) is 4.74 Å². The van der Waals surface area contributed by atoms with Crippen molar-refractivity contribution < 1.29 is 23.1 Å². The van der Waals surface area contributed by atoms with Gasteiger partial charge in [-0.2, -0.15) is 0 Å². The number of hydrogen-bond donors (Lipinski definition) is 3. The Morgan fingerprint density at radius 2 is 1.67 bits per heavy atom. The van der Waals surface area contributed by atoms with Gasteiger partial charge in [0, 0.05) is 6.42 Å². The molecule has 7 nitrogen and oxygen atoms in total. The van der Waals surface area contributed by atoms with Crippen molar-refractivity contribution in [3.63, 3.8) is 0 Å². The molecule has 0 aliphatic rings. The largest absolute Gasteiger partial charge is 0.506 e. The van der Waals surface area contributed by atoms with Gasteiger partial charge in [0.05, 0.1) is 23.4 Å². The number of sulfonamides is 1. The van der Waals surface area contributed by atoms with Crippen LogP contribution in [0, 0.1) is 0 Å². The highest BCUT2D eigenvalue weighted by molar-refractivity contribution is 7.92. The van der Waals surface area contributed by atoms with Gasteiger partial charge in [-0.3, -0.25) is 9.52 Å². The van der Waals surface area contributed by atoms with E-state index >= 15 is 0 Å². The molecule has 0 fully saturated rings. The Bertz CT molecular complexity index is 1130. The Morgan fingerprint density at radius 3 is 2.40 bits per heavy atom. The van der Waals surface area contributed by atoms with Gasteiger partial charge >= 0.3 is 0 Å². The summed E-state index contributed by atoms with van der Waals surface area (Å²) in [4.78, 5) is 12.2. The number of benzene rings is 3. The van der Waals surface area contributed by atoms with Crippen LogP contribution in [-0.2, 0) is 21.2 Å². The molecule has 3 aromatic rings. The lowest BCUT2D eigenvalue weighted by molar-refractivity contribution is -0.116. The van der Waals surface area contributed by atoms with E-state index in [1.54, 1.807) is 24.3 Å². The van der Waals surface area contributed by atoms with Crippen LogP contribution in [0.1, 0.15) is 12.0 Å². The van der Waals surface area contributed by atoms with E-state index in [1.165, 1.54) is 25.3 Å². The molecule has 0 radical (unpaired) electrons. The van der Waals surface area contributed by atoms with Gasteiger partial charge in [-0.05, 0) is 42.3 Å². The summed E-state index contributed by atoms with van der Waals surface area (Å²) in [6.45, 7) is 0. The maximum absolute atomic E-state index is 12.8. The number of hydrogen-bond acceptors (Lipinski definition) is 5. The fourth-order valence-electron chi connectivity index (χ4n) is 2.83. The minimum absolute atomic E-state index is 0.0240. The topological polar surface area (TPSA) is 105 Å². The summed E-state index contributed by atoms with van der Waals surface area (Å²) in [5, 5.41) is 12.6. The molecule has 0 atom stereocenters. The number of rotatable bonds is 8. The fourth-order valence-corrected chi connectivity index (χ4v) is 3.93. The van der Waals surface area contributed by atoms with E-state index in [0.29, 0.717) is 12.2 Å². The van der Waals surface area contributed by atoms with E-state index in [9.17, 15) is 18.3 Å². The first kappa shape index (κ1) is 21.2. The number of aromatic hydroxyl groups is 1. The predicted molar refractivity (Wildman–Crippen MR) is 115 cm³/mol. The van der Waals surface area contributed by atoms with E-state index in [0.717, 1.165) is 5.56 Å². The number of anilines is 2. The van der Waals surface area contributed by atoms with Crippen LogP contribution in [0.25, 0.3) is 0 Å². The molecule has 0 aliphatic carbocycles. The minimum atomic E-state index is -3.97. The van der Waals surface area contributed by atoms with Crippen LogP contribution in [0.2, 0.25) is 0 Å². The number of para-hydroxylation sites is 2. The molecule has 0 aromatic heterocycles. The maximum atomic E-state index is 12.8. The molecule has 8 heteroatoms. The molecule has 0 saturated heterocycles. The van der Waals surface area contributed by atoms with E-state index in [2.05, 4.69) is 10.0 Å².